The molecule has 21 heavy (non-hydrogen) atoms. The van der Waals surface area contributed by atoms with Gasteiger partial charge in [-0.05, 0) is 37.2 Å². The largest absolute Gasteiger partial charge is 0.351 e. The van der Waals surface area contributed by atoms with Crippen LogP contribution < -0.4 is 16.0 Å². The van der Waals surface area contributed by atoms with Gasteiger partial charge in [-0.3, -0.25) is 9.59 Å². The van der Waals surface area contributed by atoms with Gasteiger partial charge in [0.25, 0.3) is 5.91 Å². The van der Waals surface area contributed by atoms with E-state index in [4.69, 9.17) is 0 Å². The first kappa shape index (κ1) is 17.2. The Bertz CT molecular complexity index is 455. The van der Waals surface area contributed by atoms with Gasteiger partial charge in [0, 0.05) is 30.3 Å². The van der Waals surface area contributed by atoms with Crippen LogP contribution >= 0.6 is 0 Å². The van der Waals surface area contributed by atoms with E-state index in [1.54, 1.807) is 24.3 Å². The molecule has 2 amide bonds. The van der Waals surface area contributed by atoms with Crippen LogP contribution in [0.3, 0.4) is 0 Å². The molecule has 116 valence electrons. The smallest absolute Gasteiger partial charge is 0.251 e. The molecule has 0 aliphatic carbocycles. The van der Waals surface area contributed by atoms with Gasteiger partial charge in [-0.2, -0.15) is 0 Å². The third-order valence-electron chi connectivity index (χ3n) is 2.95. The lowest BCUT2D eigenvalue weighted by Crippen LogP contribution is -2.32. The van der Waals surface area contributed by atoms with E-state index in [0.717, 1.165) is 19.5 Å². The second-order valence-corrected chi connectivity index (χ2v) is 5.23. The van der Waals surface area contributed by atoms with E-state index in [1.165, 1.54) is 0 Å². The number of anilines is 1. The molecule has 1 aromatic carbocycles. The molecule has 0 aliphatic heterocycles. The monoisotopic (exact) mass is 291 g/mol. The first-order valence-electron chi connectivity index (χ1n) is 7.44. The molecule has 0 aliphatic rings. The van der Waals surface area contributed by atoms with Gasteiger partial charge in [-0.1, -0.05) is 20.8 Å². The predicted molar refractivity (Wildman–Crippen MR) is 85.4 cm³/mol. The third kappa shape index (κ3) is 6.40. The second-order valence-electron chi connectivity index (χ2n) is 5.23. The molecule has 0 radical (unpaired) electrons. The quantitative estimate of drug-likeness (QED) is 0.642. The molecule has 0 atom stereocenters. The Morgan fingerprint density at radius 2 is 1.71 bits per heavy atom. The summed E-state index contributed by atoms with van der Waals surface area (Å²) in [5.74, 6) is -0.201. The van der Waals surface area contributed by atoms with Crippen LogP contribution in [0.2, 0.25) is 0 Å². The zero-order valence-electron chi connectivity index (χ0n) is 13.0. The lowest BCUT2D eigenvalue weighted by molar-refractivity contribution is -0.118. The highest BCUT2D eigenvalue weighted by atomic mass is 16.2. The van der Waals surface area contributed by atoms with Crippen molar-refractivity contribution in [3.8, 4) is 0 Å². The predicted octanol–water partition coefficient (Wildman–Crippen LogP) is 2.01. The highest BCUT2D eigenvalue weighted by Gasteiger charge is 2.08. The molecular weight excluding hydrogens is 266 g/mol. The van der Waals surface area contributed by atoms with E-state index in [-0.39, 0.29) is 17.7 Å². The number of carbonyl (C=O) groups is 2. The molecule has 0 bridgehead atoms. The maximum Gasteiger partial charge on any atom is 0.251 e. The first-order chi connectivity index (χ1) is 10.0. The average molecular weight is 291 g/mol. The Hall–Kier alpha value is -1.88. The van der Waals surface area contributed by atoms with E-state index in [1.807, 2.05) is 13.8 Å². The van der Waals surface area contributed by atoms with Crippen molar-refractivity contribution in [3.05, 3.63) is 29.8 Å². The summed E-state index contributed by atoms with van der Waals surface area (Å²) in [6.45, 7) is 8.10. The maximum atomic E-state index is 11.9. The van der Waals surface area contributed by atoms with Gasteiger partial charge in [-0.15, -0.1) is 0 Å². The molecule has 1 rings (SSSR count). The Balaban J connectivity index is 2.42. The maximum absolute atomic E-state index is 11.9. The lowest BCUT2D eigenvalue weighted by atomic mass is 10.1. The summed E-state index contributed by atoms with van der Waals surface area (Å²) in [5.41, 5.74) is 1.29. The fraction of sp³-hybridized carbons (Fsp3) is 0.500. The summed E-state index contributed by atoms with van der Waals surface area (Å²) in [5, 5.41) is 8.86. The topological polar surface area (TPSA) is 70.2 Å². The number of carbonyl (C=O) groups excluding carboxylic acids is 2. The van der Waals surface area contributed by atoms with Gasteiger partial charge in [0.1, 0.15) is 0 Å². The molecule has 0 aromatic heterocycles. The van der Waals surface area contributed by atoms with Crippen LogP contribution in [0, 0.1) is 5.92 Å². The number of benzene rings is 1. The number of amides is 2. The van der Waals surface area contributed by atoms with Crippen molar-refractivity contribution in [2.75, 3.05) is 25.0 Å². The van der Waals surface area contributed by atoms with Crippen molar-refractivity contribution in [3.63, 3.8) is 0 Å². The van der Waals surface area contributed by atoms with Gasteiger partial charge < -0.3 is 16.0 Å². The third-order valence-corrected chi connectivity index (χ3v) is 2.95. The molecule has 3 N–H and O–H groups in total. The fourth-order valence-corrected chi connectivity index (χ4v) is 1.66. The van der Waals surface area contributed by atoms with Crippen molar-refractivity contribution < 1.29 is 9.59 Å². The van der Waals surface area contributed by atoms with E-state index in [0.29, 0.717) is 17.8 Å². The number of nitrogens with one attached hydrogen (secondary N) is 3. The van der Waals surface area contributed by atoms with Crippen LogP contribution in [0.15, 0.2) is 24.3 Å². The Kier molecular flexibility index (Phi) is 7.46. The summed E-state index contributed by atoms with van der Waals surface area (Å²) in [7, 11) is 0. The fourth-order valence-electron chi connectivity index (χ4n) is 1.66. The summed E-state index contributed by atoms with van der Waals surface area (Å²) in [4.78, 5) is 23.5. The summed E-state index contributed by atoms with van der Waals surface area (Å²) in [6, 6.07) is 6.91. The van der Waals surface area contributed by atoms with Crippen LogP contribution in [0.1, 0.15) is 37.6 Å². The zero-order chi connectivity index (χ0) is 15.7. The molecule has 0 unspecified atom stereocenters. The van der Waals surface area contributed by atoms with Crippen molar-refractivity contribution in [1.82, 2.24) is 10.6 Å². The number of hydrogen-bond acceptors (Lipinski definition) is 3. The Morgan fingerprint density at radius 3 is 2.29 bits per heavy atom. The molecule has 0 spiro atoms. The molecule has 5 nitrogen and oxygen atoms in total. The summed E-state index contributed by atoms with van der Waals surface area (Å²) < 4.78 is 0. The highest BCUT2D eigenvalue weighted by Crippen LogP contribution is 2.10. The van der Waals surface area contributed by atoms with Crippen LogP contribution in [0.4, 0.5) is 5.69 Å². The minimum Gasteiger partial charge on any atom is -0.351 e. The molecule has 1 aromatic rings. The van der Waals surface area contributed by atoms with Crippen molar-refractivity contribution in [2.24, 2.45) is 5.92 Å². The van der Waals surface area contributed by atoms with E-state index in [2.05, 4.69) is 22.9 Å². The van der Waals surface area contributed by atoms with Gasteiger partial charge in [0.15, 0.2) is 0 Å². The summed E-state index contributed by atoms with van der Waals surface area (Å²) >= 11 is 0. The first-order valence-corrected chi connectivity index (χ1v) is 7.44. The highest BCUT2D eigenvalue weighted by molar-refractivity contribution is 5.96. The molecule has 0 fully saturated rings. The SMILES string of the molecule is CCCNCCNC(=O)c1ccc(NC(=O)C(C)C)cc1. The van der Waals surface area contributed by atoms with E-state index in [9.17, 15) is 9.59 Å². The van der Waals surface area contributed by atoms with Gasteiger partial charge >= 0.3 is 0 Å². The van der Waals surface area contributed by atoms with Crippen LogP contribution in [-0.2, 0) is 4.79 Å². The number of hydrogen-bond donors (Lipinski definition) is 3. The Labute approximate surface area is 126 Å². The molecule has 0 heterocycles. The number of rotatable bonds is 8. The average Bonchev–Trinajstić information content (AvgIpc) is 2.47. The molecular formula is C16H25N3O2. The van der Waals surface area contributed by atoms with Crippen molar-refractivity contribution >= 4 is 17.5 Å². The lowest BCUT2D eigenvalue weighted by Gasteiger charge is -2.09. The van der Waals surface area contributed by atoms with Crippen molar-refractivity contribution in [2.45, 2.75) is 27.2 Å². The van der Waals surface area contributed by atoms with E-state index < -0.39 is 0 Å². The minimum atomic E-state index is -0.102. The van der Waals surface area contributed by atoms with Crippen molar-refractivity contribution in [1.29, 1.82) is 0 Å². The second kappa shape index (κ2) is 9.13. The normalized spacial score (nSPS) is 10.5. The van der Waals surface area contributed by atoms with Gasteiger partial charge in [-0.25, -0.2) is 0 Å². The van der Waals surface area contributed by atoms with Gasteiger partial charge in [0.2, 0.25) is 5.91 Å². The zero-order valence-corrected chi connectivity index (χ0v) is 13.0. The molecule has 0 saturated heterocycles. The Morgan fingerprint density at radius 1 is 1.05 bits per heavy atom. The molecule has 5 heteroatoms. The van der Waals surface area contributed by atoms with Crippen LogP contribution in [0.25, 0.3) is 0 Å². The van der Waals surface area contributed by atoms with Gasteiger partial charge in [0.05, 0.1) is 0 Å². The van der Waals surface area contributed by atoms with E-state index >= 15 is 0 Å². The van der Waals surface area contributed by atoms with Crippen LogP contribution in [-0.4, -0.2) is 31.4 Å². The minimum absolute atomic E-state index is 0.0331. The molecule has 0 saturated carbocycles. The van der Waals surface area contributed by atoms with Crippen LogP contribution in [0.5, 0.6) is 0 Å². The summed E-state index contributed by atoms with van der Waals surface area (Å²) in [6.07, 6.45) is 1.08. The standard InChI is InChI=1S/C16H25N3O2/c1-4-9-17-10-11-18-16(21)13-5-7-14(8-6-13)19-15(20)12(2)3/h5-8,12,17H,4,9-11H2,1-3H3,(H,18,21)(H,19,20).